The molecule has 0 atom stereocenters. The highest BCUT2D eigenvalue weighted by Gasteiger charge is 2.40. The average Bonchev–Trinajstić information content (AvgIpc) is 3.61. The SMILES string of the molecule is Cc1ccc(CN(CCCn2ccnc2)Cc2cc3c(cc2Cl)OCO3)o1.O=C(O)CC(O)(CC(=O)O)C(=O)O. The number of hydrogen-bond donors (Lipinski definition) is 4. The molecule has 14 heteroatoms. The Balaban J connectivity index is 0.000000289. The maximum atomic E-state index is 10.3. The molecule has 1 aliphatic rings. The summed E-state index contributed by atoms with van der Waals surface area (Å²) in [6.45, 7) is 5.46. The van der Waals surface area contributed by atoms with Crippen LogP contribution in [-0.4, -0.2) is 71.7 Å². The normalized spacial score (nSPS) is 12.2. The average molecular weight is 580 g/mol. The van der Waals surface area contributed by atoms with Gasteiger partial charge in [-0.2, -0.15) is 0 Å². The number of hydrogen-bond acceptors (Lipinski definition) is 9. The second-order valence-electron chi connectivity index (χ2n) is 9.15. The number of carboxylic acids is 3. The van der Waals surface area contributed by atoms with Gasteiger partial charge in [-0.1, -0.05) is 11.6 Å². The van der Waals surface area contributed by atoms with Gasteiger partial charge in [0, 0.05) is 43.1 Å². The van der Waals surface area contributed by atoms with Gasteiger partial charge >= 0.3 is 17.9 Å². The van der Waals surface area contributed by atoms with E-state index in [1.54, 1.807) is 6.20 Å². The molecule has 0 amide bonds. The highest BCUT2D eigenvalue weighted by molar-refractivity contribution is 6.31. The second kappa shape index (κ2) is 13.8. The van der Waals surface area contributed by atoms with Gasteiger partial charge in [0.25, 0.3) is 0 Å². The molecule has 0 saturated heterocycles. The molecule has 1 aromatic carbocycles. The molecule has 3 heterocycles. The van der Waals surface area contributed by atoms with Crippen molar-refractivity contribution in [1.29, 1.82) is 0 Å². The van der Waals surface area contributed by atoms with E-state index in [0.29, 0.717) is 17.3 Å². The first-order chi connectivity index (χ1) is 18.9. The number of imidazole rings is 1. The third-order valence-electron chi connectivity index (χ3n) is 5.85. The Bertz CT molecular complexity index is 1290. The number of carbonyl (C=O) groups is 3. The summed E-state index contributed by atoms with van der Waals surface area (Å²) in [6.07, 6.45) is 4.33. The van der Waals surface area contributed by atoms with E-state index >= 15 is 0 Å². The van der Waals surface area contributed by atoms with Crippen LogP contribution in [0.25, 0.3) is 0 Å². The Labute approximate surface area is 234 Å². The summed E-state index contributed by atoms with van der Waals surface area (Å²) in [5.74, 6) is -1.69. The smallest absolute Gasteiger partial charge is 0.336 e. The fraction of sp³-hybridized carbons (Fsp3) is 0.385. The molecule has 0 radical (unpaired) electrons. The molecule has 0 aliphatic carbocycles. The van der Waals surface area contributed by atoms with E-state index in [-0.39, 0.29) is 6.79 Å². The Morgan fingerprint density at radius 3 is 2.30 bits per heavy atom. The fourth-order valence-corrected chi connectivity index (χ4v) is 4.15. The van der Waals surface area contributed by atoms with E-state index in [1.807, 2.05) is 43.7 Å². The summed E-state index contributed by atoms with van der Waals surface area (Å²) in [5.41, 5.74) is -1.72. The summed E-state index contributed by atoms with van der Waals surface area (Å²) in [7, 11) is 0. The highest BCUT2D eigenvalue weighted by Crippen LogP contribution is 2.37. The largest absolute Gasteiger partial charge is 0.481 e. The molecule has 3 aromatic rings. The Morgan fingerprint density at radius 2 is 1.75 bits per heavy atom. The maximum absolute atomic E-state index is 10.3. The molecule has 0 saturated carbocycles. The lowest BCUT2D eigenvalue weighted by molar-refractivity contribution is -0.170. The number of aliphatic carboxylic acids is 3. The minimum atomic E-state index is -2.74. The quantitative estimate of drug-likeness (QED) is 0.232. The molecule has 40 heavy (non-hydrogen) atoms. The number of nitrogens with zero attached hydrogens (tertiary/aromatic N) is 3. The zero-order valence-electron chi connectivity index (χ0n) is 21.7. The standard InChI is InChI=1S/C20H22ClN3O3.C6H8O7/c1-15-3-4-17(27-15)12-24(7-2-6-23-8-5-22-13-23)11-16-9-19-20(10-18(16)21)26-14-25-19;7-3(8)1-6(13,5(11)12)2-4(9)10/h3-5,8-10,13H,2,6-7,11-12,14H2,1H3;13H,1-2H2,(H,7,8)(H,9,10)(H,11,12). The van der Waals surface area contributed by atoms with Crippen molar-refractivity contribution in [2.75, 3.05) is 13.3 Å². The second-order valence-corrected chi connectivity index (χ2v) is 9.56. The van der Waals surface area contributed by atoms with Crippen LogP contribution in [0.5, 0.6) is 11.5 Å². The van der Waals surface area contributed by atoms with Crippen molar-refractivity contribution < 1.29 is 48.7 Å². The molecule has 0 unspecified atom stereocenters. The Kier molecular flexibility index (Phi) is 10.5. The van der Waals surface area contributed by atoms with Crippen molar-refractivity contribution in [3.63, 3.8) is 0 Å². The van der Waals surface area contributed by atoms with Crippen LogP contribution >= 0.6 is 11.6 Å². The summed E-state index contributed by atoms with van der Waals surface area (Å²) >= 11 is 6.48. The number of benzene rings is 1. The van der Waals surface area contributed by atoms with Crippen molar-refractivity contribution >= 4 is 29.5 Å². The third-order valence-corrected chi connectivity index (χ3v) is 6.20. The molecule has 0 spiro atoms. The predicted molar refractivity (Wildman–Crippen MR) is 139 cm³/mol. The summed E-state index contributed by atoms with van der Waals surface area (Å²) < 4.78 is 18.8. The zero-order valence-corrected chi connectivity index (χ0v) is 22.4. The topological polar surface area (TPSA) is 185 Å². The lowest BCUT2D eigenvalue weighted by Crippen LogP contribution is -2.42. The van der Waals surface area contributed by atoms with Crippen molar-refractivity contribution in [3.8, 4) is 11.5 Å². The first kappa shape index (κ1) is 30.5. The minimum Gasteiger partial charge on any atom is -0.481 e. The van der Waals surface area contributed by atoms with Gasteiger partial charge in [-0.15, -0.1) is 0 Å². The van der Waals surface area contributed by atoms with Crippen molar-refractivity contribution in [1.82, 2.24) is 14.5 Å². The number of aliphatic hydroxyl groups is 1. The zero-order chi connectivity index (χ0) is 29.3. The van der Waals surface area contributed by atoms with Crippen molar-refractivity contribution in [3.05, 3.63) is 65.1 Å². The Morgan fingerprint density at radius 1 is 1.07 bits per heavy atom. The van der Waals surface area contributed by atoms with E-state index in [2.05, 4.69) is 14.5 Å². The van der Waals surface area contributed by atoms with Crippen LogP contribution in [0, 0.1) is 6.92 Å². The lowest BCUT2D eigenvalue weighted by atomic mass is 9.96. The minimum absolute atomic E-state index is 0.245. The van der Waals surface area contributed by atoms with Crippen LogP contribution in [0.1, 0.15) is 36.3 Å². The fourth-order valence-electron chi connectivity index (χ4n) is 3.94. The molecule has 0 fully saturated rings. The molecule has 1 aliphatic heterocycles. The van der Waals surface area contributed by atoms with Gasteiger partial charge in [0.15, 0.2) is 17.1 Å². The third kappa shape index (κ3) is 9.00. The van der Waals surface area contributed by atoms with Gasteiger partial charge in [-0.25, -0.2) is 9.78 Å². The number of fused-ring (bicyclic) bond motifs is 1. The van der Waals surface area contributed by atoms with Crippen LogP contribution in [0.15, 0.2) is 47.4 Å². The van der Waals surface area contributed by atoms with Gasteiger partial charge < -0.3 is 38.9 Å². The summed E-state index contributed by atoms with van der Waals surface area (Å²) in [6, 6.07) is 7.83. The van der Waals surface area contributed by atoms with Crippen molar-refractivity contribution in [2.24, 2.45) is 0 Å². The van der Waals surface area contributed by atoms with E-state index in [1.165, 1.54) is 0 Å². The van der Waals surface area contributed by atoms with Gasteiger partial charge in [0.05, 0.1) is 25.7 Å². The number of ether oxygens (including phenoxy) is 2. The van der Waals surface area contributed by atoms with Gasteiger partial charge in [-0.3, -0.25) is 14.5 Å². The van der Waals surface area contributed by atoms with Crippen molar-refractivity contribution in [2.45, 2.75) is 51.4 Å². The number of aromatic nitrogens is 2. The molecule has 13 nitrogen and oxygen atoms in total. The summed E-state index contributed by atoms with van der Waals surface area (Å²) in [4.78, 5) is 36.9. The number of rotatable bonds is 13. The number of aryl methyl sites for hydroxylation is 2. The Hall–Kier alpha value is -4.07. The molecule has 2 aromatic heterocycles. The number of carboxylic acid groups (broad SMARTS) is 3. The van der Waals surface area contributed by atoms with Gasteiger partial charge in [0.1, 0.15) is 11.5 Å². The highest BCUT2D eigenvalue weighted by atomic mass is 35.5. The first-order valence-electron chi connectivity index (χ1n) is 12.2. The molecular weight excluding hydrogens is 550 g/mol. The van der Waals surface area contributed by atoms with Crippen LogP contribution < -0.4 is 9.47 Å². The molecule has 0 bridgehead atoms. The van der Waals surface area contributed by atoms with Crippen LogP contribution in [0.4, 0.5) is 0 Å². The van der Waals surface area contributed by atoms with E-state index in [9.17, 15) is 14.4 Å². The molecule has 4 rings (SSSR count). The summed E-state index contributed by atoms with van der Waals surface area (Å²) in [5, 5.41) is 34.5. The molecule has 216 valence electrons. The molecule has 4 N–H and O–H groups in total. The van der Waals surface area contributed by atoms with Gasteiger partial charge in [0.2, 0.25) is 6.79 Å². The van der Waals surface area contributed by atoms with E-state index in [4.69, 9.17) is 45.9 Å². The monoisotopic (exact) mass is 579 g/mol. The van der Waals surface area contributed by atoms with Crippen LogP contribution in [0.2, 0.25) is 5.02 Å². The predicted octanol–water partition coefficient (Wildman–Crippen LogP) is 3.01. The van der Waals surface area contributed by atoms with Gasteiger partial charge in [-0.05, 0) is 37.1 Å². The van der Waals surface area contributed by atoms with E-state index in [0.717, 1.165) is 48.9 Å². The molecular formula is C26H30ClN3O10. The van der Waals surface area contributed by atoms with Crippen LogP contribution in [0.3, 0.4) is 0 Å². The first-order valence-corrected chi connectivity index (χ1v) is 12.5. The lowest BCUT2D eigenvalue weighted by Gasteiger charge is -2.22. The number of halogens is 1. The van der Waals surface area contributed by atoms with E-state index < -0.39 is 36.4 Å². The maximum Gasteiger partial charge on any atom is 0.336 e. The van der Waals surface area contributed by atoms with Crippen LogP contribution in [-0.2, 0) is 34.0 Å². The number of furan rings is 1.